The van der Waals surface area contributed by atoms with E-state index in [4.69, 9.17) is 10.5 Å². The fourth-order valence-electron chi connectivity index (χ4n) is 3.05. The van der Waals surface area contributed by atoms with Gasteiger partial charge in [0.2, 0.25) is 15.9 Å². The van der Waals surface area contributed by atoms with Gasteiger partial charge >= 0.3 is 0 Å². The van der Waals surface area contributed by atoms with E-state index in [2.05, 4.69) is 20.6 Å². The second-order valence-corrected chi connectivity index (χ2v) is 8.94. The zero-order chi connectivity index (χ0) is 22.3. The number of rotatable bonds is 4. The first-order chi connectivity index (χ1) is 14.0. The molecular weight excluding hydrogens is 422 g/mol. The lowest BCUT2D eigenvalue weighted by Crippen LogP contribution is -2.66. The summed E-state index contributed by atoms with van der Waals surface area (Å²) in [6.07, 6.45) is 1.23. The van der Waals surface area contributed by atoms with E-state index < -0.39 is 45.1 Å². The summed E-state index contributed by atoms with van der Waals surface area (Å²) >= 11 is 0. The van der Waals surface area contributed by atoms with Crippen molar-refractivity contribution in [2.24, 2.45) is 5.73 Å². The Kier molecular flexibility index (Phi) is 5.73. The first-order valence-corrected chi connectivity index (χ1v) is 10.2. The molecule has 162 valence electrons. The first-order valence-electron chi connectivity index (χ1n) is 8.63. The number of sulfonamides is 1. The van der Waals surface area contributed by atoms with Gasteiger partial charge in [-0.15, -0.1) is 0 Å². The van der Waals surface area contributed by atoms with E-state index in [-0.39, 0.29) is 22.8 Å². The van der Waals surface area contributed by atoms with Crippen LogP contribution in [-0.4, -0.2) is 54.8 Å². The number of anilines is 1. The molecule has 2 unspecified atom stereocenters. The Morgan fingerprint density at radius 1 is 1.37 bits per heavy atom. The molecule has 0 radical (unpaired) electrons. The Morgan fingerprint density at radius 2 is 2.07 bits per heavy atom. The third-order valence-corrected chi connectivity index (χ3v) is 6.77. The number of nitrogens with one attached hydrogen (secondary N) is 2. The van der Waals surface area contributed by atoms with E-state index >= 15 is 0 Å². The van der Waals surface area contributed by atoms with Gasteiger partial charge in [-0.2, -0.15) is 4.31 Å². The van der Waals surface area contributed by atoms with Crippen molar-refractivity contribution in [2.45, 2.75) is 18.8 Å². The van der Waals surface area contributed by atoms with E-state index in [9.17, 15) is 22.0 Å². The number of carbonyl (C=O) groups is 1. The van der Waals surface area contributed by atoms with E-state index in [0.29, 0.717) is 0 Å². The molecule has 1 aromatic heterocycles. The lowest BCUT2D eigenvalue weighted by Gasteiger charge is -2.42. The Labute approximate surface area is 171 Å². The van der Waals surface area contributed by atoms with Crippen molar-refractivity contribution in [1.82, 2.24) is 19.6 Å². The summed E-state index contributed by atoms with van der Waals surface area (Å²) in [4.78, 5) is 20.1. The molecule has 1 saturated heterocycles. The highest BCUT2D eigenvalue weighted by atomic mass is 32.2. The molecule has 1 aromatic carbocycles. The minimum atomic E-state index is -3.84. The van der Waals surface area contributed by atoms with Crippen LogP contribution in [0.3, 0.4) is 0 Å². The molecule has 4 N–H and O–H groups in total. The lowest BCUT2D eigenvalue weighted by atomic mass is 9.92. The number of nitrogens with two attached hydrogens (primary N) is 1. The van der Waals surface area contributed by atoms with Crippen LogP contribution in [0.1, 0.15) is 23.0 Å². The second kappa shape index (κ2) is 7.83. The monoisotopic (exact) mass is 442 g/mol. The van der Waals surface area contributed by atoms with Gasteiger partial charge in [0.15, 0.2) is 11.6 Å². The molecule has 1 aliphatic heterocycles. The van der Waals surface area contributed by atoms with Crippen LogP contribution in [0.2, 0.25) is 0 Å². The topological polar surface area (TPSA) is 140 Å². The van der Waals surface area contributed by atoms with Gasteiger partial charge in [-0.1, -0.05) is 0 Å². The molecule has 1 amide bonds. The average molecular weight is 442 g/mol. The quantitative estimate of drug-likeness (QED) is 0.616. The number of aromatic nitrogens is 2. The van der Waals surface area contributed by atoms with E-state index in [1.807, 2.05) is 0 Å². The van der Waals surface area contributed by atoms with Crippen LogP contribution in [0.15, 0.2) is 24.5 Å². The summed E-state index contributed by atoms with van der Waals surface area (Å²) < 4.78 is 59.4. The maximum absolute atomic E-state index is 14.6. The van der Waals surface area contributed by atoms with Gasteiger partial charge in [-0.3, -0.25) is 10.1 Å². The molecular formula is C17H20F2N6O4S. The first kappa shape index (κ1) is 22.0. The van der Waals surface area contributed by atoms with E-state index in [1.54, 1.807) is 0 Å². The van der Waals surface area contributed by atoms with Crippen molar-refractivity contribution in [1.29, 1.82) is 0 Å². The summed E-state index contributed by atoms with van der Waals surface area (Å²) in [5.41, 5.74) is 3.77. The molecule has 0 bridgehead atoms. The van der Waals surface area contributed by atoms with E-state index in [0.717, 1.165) is 22.6 Å². The molecule has 0 aliphatic carbocycles. The maximum Gasteiger partial charge on any atom is 0.275 e. The van der Waals surface area contributed by atoms with Gasteiger partial charge in [0, 0.05) is 24.4 Å². The van der Waals surface area contributed by atoms with Gasteiger partial charge in [0.05, 0.1) is 30.8 Å². The van der Waals surface area contributed by atoms with Crippen LogP contribution in [0.4, 0.5) is 14.5 Å². The lowest BCUT2D eigenvalue weighted by molar-refractivity contribution is 0.102. The number of benzene rings is 1. The van der Waals surface area contributed by atoms with Crippen molar-refractivity contribution in [3.8, 4) is 5.88 Å². The molecule has 3 rings (SSSR count). The molecule has 30 heavy (non-hydrogen) atoms. The minimum Gasteiger partial charge on any atom is -0.480 e. The minimum absolute atomic E-state index is 0.0877. The predicted octanol–water partition coefficient (Wildman–Crippen LogP) is 0.338. The Hall–Kier alpha value is -2.74. The maximum atomic E-state index is 14.6. The molecule has 10 nitrogen and oxygen atoms in total. The average Bonchev–Trinajstić information content (AvgIpc) is 2.68. The number of ether oxygens (including phenoxy) is 1. The summed E-state index contributed by atoms with van der Waals surface area (Å²) in [5, 5.41) is 5.17. The molecule has 1 fully saturated rings. The van der Waals surface area contributed by atoms with E-state index in [1.165, 1.54) is 27.3 Å². The number of hydrogen-bond donors (Lipinski definition) is 3. The van der Waals surface area contributed by atoms with Gasteiger partial charge in [0.25, 0.3) is 5.91 Å². The number of nitrogens with zero attached hydrogens (tertiary/aromatic N) is 3. The highest BCUT2D eigenvalue weighted by Crippen LogP contribution is 2.33. The Balaban J connectivity index is 1.95. The van der Waals surface area contributed by atoms with Gasteiger partial charge < -0.3 is 15.8 Å². The molecule has 2 aromatic rings. The fourth-order valence-corrected chi connectivity index (χ4v) is 4.62. The third-order valence-electron chi connectivity index (χ3n) is 4.72. The fraction of sp³-hybridized carbons (Fsp3) is 0.353. The Bertz CT molecular complexity index is 1080. The summed E-state index contributed by atoms with van der Waals surface area (Å²) in [6, 6.07) is 1.92. The molecule has 0 spiro atoms. The number of carbonyl (C=O) groups excluding carboxylic acids is 1. The third kappa shape index (κ3) is 4.09. The number of hydrogen-bond acceptors (Lipinski definition) is 8. The Morgan fingerprint density at radius 3 is 2.63 bits per heavy atom. The highest BCUT2D eigenvalue weighted by molar-refractivity contribution is 7.89. The summed E-state index contributed by atoms with van der Waals surface area (Å²) in [5.74, 6) is -3.62. The molecule has 1 aliphatic rings. The molecule has 2 heterocycles. The van der Waals surface area contributed by atoms with Crippen molar-refractivity contribution in [3.05, 3.63) is 47.4 Å². The van der Waals surface area contributed by atoms with Gasteiger partial charge in [-0.05, 0) is 13.0 Å². The zero-order valence-electron chi connectivity index (χ0n) is 16.3. The van der Waals surface area contributed by atoms with Crippen molar-refractivity contribution in [2.75, 3.05) is 25.2 Å². The molecule has 2 atom stereocenters. The van der Waals surface area contributed by atoms with Gasteiger partial charge in [-0.25, -0.2) is 27.2 Å². The van der Waals surface area contributed by atoms with Gasteiger partial charge in [0.1, 0.15) is 12.0 Å². The second-order valence-electron chi connectivity index (χ2n) is 6.91. The van der Waals surface area contributed by atoms with Crippen molar-refractivity contribution >= 4 is 21.6 Å². The number of methoxy groups -OCH3 is 1. The standard InChI is InChI=1S/C17H20F2N6O4S/c1-17(8-30(27,28)25(2)16(20)24-17)10-4-9(5-11(18)14(10)19)23-15(26)12-6-22-13(29-3)7-21-12/h4-7,16,24H,8,20H2,1-3H3,(H,23,26). The largest absolute Gasteiger partial charge is 0.480 e. The van der Waals surface area contributed by atoms with Crippen LogP contribution >= 0.6 is 0 Å². The molecule has 0 saturated carbocycles. The van der Waals surface area contributed by atoms with Crippen LogP contribution in [-0.2, 0) is 15.6 Å². The summed E-state index contributed by atoms with van der Waals surface area (Å²) in [6.45, 7) is 1.38. The van der Waals surface area contributed by atoms with Crippen LogP contribution in [0, 0.1) is 11.6 Å². The van der Waals surface area contributed by atoms with Crippen LogP contribution in [0.25, 0.3) is 0 Å². The van der Waals surface area contributed by atoms with Crippen molar-refractivity contribution in [3.63, 3.8) is 0 Å². The zero-order valence-corrected chi connectivity index (χ0v) is 17.1. The predicted molar refractivity (Wildman–Crippen MR) is 103 cm³/mol. The van der Waals surface area contributed by atoms with Crippen molar-refractivity contribution < 1.29 is 26.7 Å². The molecule has 13 heteroatoms. The van der Waals surface area contributed by atoms with Crippen LogP contribution < -0.4 is 21.1 Å². The number of amides is 1. The summed E-state index contributed by atoms with van der Waals surface area (Å²) in [7, 11) is -1.18. The highest BCUT2D eigenvalue weighted by Gasteiger charge is 2.45. The van der Waals surface area contributed by atoms with Crippen LogP contribution in [0.5, 0.6) is 5.88 Å². The normalized spacial score (nSPS) is 23.7. The SMILES string of the molecule is COc1cnc(C(=O)Nc2cc(F)c(F)c(C3(C)CS(=O)(=O)N(C)C(N)N3)c2)cn1. The number of halogens is 2. The smallest absolute Gasteiger partial charge is 0.275 e.